The van der Waals surface area contributed by atoms with Gasteiger partial charge in [0.1, 0.15) is 12.4 Å². The fraction of sp³-hybridized carbons (Fsp3) is 0.143. The van der Waals surface area contributed by atoms with Gasteiger partial charge in [-0.3, -0.25) is 0 Å². The minimum absolute atomic E-state index is 0.282. The molecule has 0 bridgehead atoms. The number of nitrogens with two attached hydrogens (primary N) is 1. The molecular weight excluding hydrogens is 269 g/mol. The first-order valence-electron chi connectivity index (χ1n) is 5.56. The number of ether oxygens (including phenoxy) is 1. The van der Waals surface area contributed by atoms with Crippen molar-refractivity contribution >= 4 is 23.2 Å². The van der Waals surface area contributed by atoms with E-state index >= 15 is 0 Å². The van der Waals surface area contributed by atoms with Gasteiger partial charge in [-0.25, -0.2) is 0 Å². The van der Waals surface area contributed by atoms with Gasteiger partial charge in [0.15, 0.2) is 0 Å². The van der Waals surface area contributed by atoms with Gasteiger partial charge in [-0.1, -0.05) is 53.5 Å². The number of halogens is 2. The molecule has 18 heavy (non-hydrogen) atoms. The summed E-state index contributed by atoms with van der Waals surface area (Å²) >= 11 is 12.1. The quantitative estimate of drug-likeness (QED) is 0.917. The lowest BCUT2D eigenvalue weighted by molar-refractivity contribution is 0.291. The predicted molar refractivity (Wildman–Crippen MR) is 75.3 cm³/mol. The Morgan fingerprint density at radius 3 is 2.22 bits per heavy atom. The van der Waals surface area contributed by atoms with Crippen LogP contribution in [-0.4, -0.2) is 6.61 Å². The molecule has 94 valence electrons. The second kappa shape index (κ2) is 6.10. The molecule has 0 aliphatic rings. The molecule has 2 nitrogen and oxygen atoms in total. The first-order valence-corrected chi connectivity index (χ1v) is 6.31. The summed E-state index contributed by atoms with van der Waals surface area (Å²) in [6.07, 6.45) is 0. The van der Waals surface area contributed by atoms with Gasteiger partial charge in [0.2, 0.25) is 0 Å². The van der Waals surface area contributed by atoms with Crippen molar-refractivity contribution in [2.24, 2.45) is 5.73 Å². The van der Waals surface area contributed by atoms with E-state index < -0.39 is 0 Å². The van der Waals surface area contributed by atoms with Crippen molar-refractivity contribution in [1.29, 1.82) is 0 Å². The number of benzene rings is 2. The first kappa shape index (κ1) is 13.2. The Balaban J connectivity index is 2.03. The van der Waals surface area contributed by atoms with Gasteiger partial charge in [-0.2, -0.15) is 0 Å². The van der Waals surface area contributed by atoms with E-state index in [4.69, 9.17) is 33.7 Å². The second-order valence-electron chi connectivity index (χ2n) is 3.87. The van der Waals surface area contributed by atoms with E-state index in [0.717, 1.165) is 5.56 Å². The lowest BCUT2D eigenvalue weighted by atomic mass is 10.1. The number of hydrogen-bond acceptors (Lipinski definition) is 2. The Morgan fingerprint density at radius 2 is 1.56 bits per heavy atom. The Kier molecular flexibility index (Phi) is 4.48. The molecule has 0 aromatic heterocycles. The molecule has 0 aliphatic carbocycles. The summed E-state index contributed by atoms with van der Waals surface area (Å²) in [5, 5.41) is 1.22. The molecule has 0 heterocycles. The van der Waals surface area contributed by atoms with Crippen LogP contribution in [-0.2, 0) is 0 Å². The fourth-order valence-corrected chi connectivity index (χ4v) is 2.07. The summed E-state index contributed by atoms with van der Waals surface area (Å²) in [5.74, 6) is 0.627. The van der Waals surface area contributed by atoms with Gasteiger partial charge in [-0.05, 0) is 23.8 Å². The molecule has 0 saturated heterocycles. The van der Waals surface area contributed by atoms with Crippen LogP contribution in [0, 0.1) is 0 Å². The van der Waals surface area contributed by atoms with Crippen LogP contribution in [0.3, 0.4) is 0 Å². The van der Waals surface area contributed by atoms with Crippen LogP contribution >= 0.6 is 23.2 Å². The van der Waals surface area contributed by atoms with Crippen molar-refractivity contribution in [3.05, 3.63) is 64.1 Å². The molecule has 4 heteroatoms. The van der Waals surface area contributed by atoms with Crippen LogP contribution in [0.15, 0.2) is 48.5 Å². The van der Waals surface area contributed by atoms with Gasteiger partial charge in [0.25, 0.3) is 0 Å². The normalized spacial score (nSPS) is 12.2. The molecule has 2 aromatic carbocycles. The van der Waals surface area contributed by atoms with Crippen molar-refractivity contribution in [3.63, 3.8) is 0 Å². The van der Waals surface area contributed by atoms with Crippen molar-refractivity contribution in [1.82, 2.24) is 0 Å². The third kappa shape index (κ3) is 3.16. The van der Waals surface area contributed by atoms with Crippen molar-refractivity contribution in [2.75, 3.05) is 6.61 Å². The lowest BCUT2D eigenvalue weighted by Crippen LogP contribution is -2.19. The van der Waals surface area contributed by atoms with Crippen molar-refractivity contribution in [3.8, 4) is 5.75 Å². The van der Waals surface area contributed by atoms with E-state index in [2.05, 4.69) is 0 Å². The lowest BCUT2D eigenvalue weighted by Gasteiger charge is -2.15. The molecule has 0 amide bonds. The van der Waals surface area contributed by atoms with Crippen LogP contribution in [0.5, 0.6) is 5.75 Å². The highest BCUT2D eigenvalue weighted by molar-refractivity contribution is 6.32. The summed E-state index contributed by atoms with van der Waals surface area (Å²) in [6, 6.07) is 14.5. The third-order valence-corrected chi connectivity index (χ3v) is 3.22. The van der Waals surface area contributed by atoms with E-state index in [9.17, 15) is 0 Å². The Morgan fingerprint density at radius 1 is 0.944 bits per heavy atom. The Hall–Kier alpha value is -1.22. The molecule has 0 aliphatic heterocycles. The van der Waals surface area contributed by atoms with Crippen molar-refractivity contribution in [2.45, 2.75) is 6.04 Å². The molecule has 1 unspecified atom stereocenters. The Bertz CT molecular complexity index is 531. The van der Waals surface area contributed by atoms with Crippen LogP contribution in [0.4, 0.5) is 0 Å². The van der Waals surface area contributed by atoms with E-state index in [1.54, 1.807) is 6.07 Å². The minimum atomic E-state index is -0.282. The van der Waals surface area contributed by atoms with Gasteiger partial charge in [0.05, 0.1) is 11.1 Å². The number of para-hydroxylation sites is 1. The molecule has 0 saturated carbocycles. The zero-order valence-electron chi connectivity index (χ0n) is 9.64. The van der Waals surface area contributed by atoms with Crippen molar-refractivity contribution < 1.29 is 4.74 Å². The maximum atomic E-state index is 6.07. The molecule has 0 radical (unpaired) electrons. The third-order valence-electron chi connectivity index (χ3n) is 2.56. The van der Waals surface area contributed by atoms with Gasteiger partial charge < -0.3 is 10.5 Å². The molecule has 2 rings (SSSR count). The second-order valence-corrected chi connectivity index (χ2v) is 4.68. The smallest absolute Gasteiger partial charge is 0.137 e. The summed E-state index contributed by atoms with van der Waals surface area (Å²) in [7, 11) is 0. The van der Waals surface area contributed by atoms with E-state index in [-0.39, 0.29) is 6.04 Å². The van der Waals surface area contributed by atoms with Gasteiger partial charge in [0, 0.05) is 5.02 Å². The molecule has 0 spiro atoms. The minimum Gasteiger partial charge on any atom is -0.490 e. The molecule has 2 aromatic rings. The number of rotatable bonds is 4. The average molecular weight is 282 g/mol. The van der Waals surface area contributed by atoms with Crippen LogP contribution in [0.25, 0.3) is 0 Å². The summed E-state index contributed by atoms with van der Waals surface area (Å²) in [6.45, 7) is 0.327. The summed E-state index contributed by atoms with van der Waals surface area (Å²) in [5.41, 5.74) is 6.91. The summed E-state index contributed by atoms with van der Waals surface area (Å²) in [4.78, 5) is 0. The topological polar surface area (TPSA) is 35.2 Å². The van der Waals surface area contributed by atoms with E-state index in [1.165, 1.54) is 0 Å². The molecular formula is C14H13Cl2NO. The highest BCUT2D eigenvalue weighted by Gasteiger charge is 2.11. The Labute approximate surface area is 116 Å². The predicted octanol–water partition coefficient (Wildman–Crippen LogP) is 4.07. The van der Waals surface area contributed by atoms with Crippen LogP contribution in [0.1, 0.15) is 11.6 Å². The molecule has 2 N–H and O–H groups in total. The first-order chi connectivity index (χ1) is 8.68. The largest absolute Gasteiger partial charge is 0.490 e. The van der Waals surface area contributed by atoms with Crippen LogP contribution in [0.2, 0.25) is 10.0 Å². The molecule has 1 atom stereocenters. The van der Waals surface area contributed by atoms with Gasteiger partial charge in [-0.15, -0.1) is 0 Å². The maximum Gasteiger partial charge on any atom is 0.137 e. The van der Waals surface area contributed by atoms with E-state index in [1.807, 2.05) is 42.5 Å². The monoisotopic (exact) mass is 281 g/mol. The van der Waals surface area contributed by atoms with Gasteiger partial charge >= 0.3 is 0 Å². The summed E-state index contributed by atoms with van der Waals surface area (Å²) < 4.78 is 5.59. The maximum absolute atomic E-state index is 6.07. The zero-order chi connectivity index (χ0) is 13.0. The highest BCUT2D eigenvalue weighted by Crippen LogP contribution is 2.26. The molecule has 0 fully saturated rings. The fourth-order valence-electron chi connectivity index (χ4n) is 1.61. The average Bonchev–Trinajstić information content (AvgIpc) is 2.38. The number of hydrogen-bond donors (Lipinski definition) is 1. The van der Waals surface area contributed by atoms with Crippen LogP contribution < -0.4 is 10.5 Å². The van der Waals surface area contributed by atoms with E-state index in [0.29, 0.717) is 22.4 Å². The highest BCUT2D eigenvalue weighted by atomic mass is 35.5. The zero-order valence-corrected chi connectivity index (χ0v) is 11.2. The standard InChI is InChI=1S/C14H13Cl2NO/c15-11-6-2-1-5-10(11)13(17)9-18-14-8-4-3-7-12(14)16/h1-8,13H,9,17H2. The SMILES string of the molecule is NC(COc1ccccc1Cl)c1ccccc1Cl.